The number of rotatable bonds is 7. The van der Waals surface area contributed by atoms with E-state index in [4.69, 9.17) is 0 Å². The second-order valence-electron chi connectivity index (χ2n) is 5.71. The Hall–Kier alpha value is -2.54. The van der Waals surface area contributed by atoms with Gasteiger partial charge in [0, 0.05) is 12.2 Å². The number of benzene rings is 2. The Kier molecular flexibility index (Phi) is 6.41. The first kappa shape index (κ1) is 18.8. The number of likely N-dealkylation sites (N-methyl/N-ethyl adjacent to an activating group) is 1. The van der Waals surface area contributed by atoms with Crippen molar-refractivity contribution < 1.29 is 22.7 Å². The van der Waals surface area contributed by atoms with Gasteiger partial charge in [-0.05, 0) is 49.4 Å². The van der Waals surface area contributed by atoms with E-state index in [-0.39, 0.29) is 24.0 Å². The third-order valence-electron chi connectivity index (χ3n) is 3.47. The maximum atomic E-state index is 13.5. The van der Waals surface area contributed by atoms with Gasteiger partial charge in [-0.2, -0.15) is 8.78 Å². The lowest BCUT2D eigenvalue weighted by Crippen LogP contribution is -2.29. The summed E-state index contributed by atoms with van der Waals surface area (Å²) < 4.78 is 42.0. The van der Waals surface area contributed by atoms with Crippen LogP contribution in [0, 0.1) is 12.7 Å². The second-order valence-corrected chi connectivity index (χ2v) is 5.71. The molecule has 7 heteroatoms. The molecule has 2 aromatic rings. The number of carbonyl (C=O) groups is 1. The molecule has 0 unspecified atom stereocenters. The lowest BCUT2D eigenvalue weighted by Gasteiger charge is -2.17. The zero-order chi connectivity index (χ0) is 18.4. The van der Waals surface area contributed by atoms with E-state index in [1.54, 1.807) is 43.1 Å². The predicted octanol–water partition coefficient (Wildman–Crippen LogP) is 3.81. The van der Waals surface area contributed by atoms with Gasteiger partial charge >= 0.3 is 6.61 Å². The van der Waals surface area contributed by atoms with Gasteiger partial charge in [0.05, 0.1) is 6.54 Å². The minimum Gasteiger partial charge on any atom is -0.435 e. The Labute approximate surface area is 144 Å². The van der Waals surface area contributed by atoms with Crippen LogP contribution in [-0.2, 0) is 11.3 Å². The third-order valence-corrected chi connectivity index (χ3v) is 3.47. The summed E-state index contributed by atoms with van der Waals surface area (Å²) in [6, 6.07) is 10.7. The highest BCUT2D eigenvalue weighted by Gasteiger charge is 2.09. The smallest absolute Gasteiger partial charge is 0.387 e. The average Bonchev–Trinajstić information content (AvgIpc) is 2.52. The van der Waals surface area contributed by atoms with Gasteiger partial charge in [-0.3, -0.25) is 9.69 Å². The summed E-state index contributed by atoms with van der Waals surface area (Å²) in [4.78, 5) is 13.8. The standard InChI is InChI=1S/C18H19F3N2O2/c1-12-3-6-14(9-16(12)19)22-17(24)11-23(2)10-13-4-7-15(8-5-13)25-18(20)21/h3-9,18H,10-11H2,1-2H3,(H,22,24). The Morgan fingerprint density at radius 1 is 1.20 bits per heavy atom. The molecule has 0 aromatic heterocycles. The first-order valence-electron chi connectivity index (χ1n) is 7.62. The lowest BCUT2D eigenvalue weighted by atomic mass is 10.2. The molecule has 0 aliphatic carbocycles. The monoisotopic (exact) mass is 352 g/mol. The van der Waals surface area contributed by atoms with E-state index < -0.39 is 6.61 Å². The molecular formula is C18H19F3N2O2. The molecule has 0 bridgehead atoms. The van der Waals surface area contributed by atoms with E-state index in [1.807, 2.05) is 0 Å². The molecule has 0 saturated heterocycles. The molecule has 0 fully saturated rings. The van der Waals surface area contributed by atoms with Crippen molar-refractivity contribution in [3.8, 4) is 5.75 Å². The minimum absolute atomic E-state index is 0.0838. The first-order chi connectivity index (χ1) is 11.8. The fourth-order valence-electron chi connectivity index (χ4n) is 2.26. The zero-order valence-electron chi connectivity index (χ0n) is 13.9. The molecule has 134 valence electrons. The summed E-state index contributed by atoms with van der Waals surface area (Å²) in [5.41, 5.74) is 1.75. The number of hydrogen-bond acceptors (Lipinski definition) is 3. The molecule has 25 heavy (non-hydrogen) atoms. The second kappa shape index (κ2) is 8.53. The van der Waals surface area contributed by atoms with Crippen molar-refractivity contribution in [1.29, 1.82) is 0 Å². The van der Waals surface area contributed by atoms with Crippen LogP contribution in [0.3, 0.4) is 0 Å². The molecule has 2 aromatic carbocycles. The summed E-state index contributed by atoms with van der Waals surface area (Å²) in [6.07, 6.45) is 0. The van der Waals surface area contributed by atoms with Gasteiger partial charge in [-0.25, -0.2) is 4.39 Å². The lowest BCUT2D eigenvalue weighted by molar-refractivity contribution is -0.117. The highest BCUT2D eigenvalue weighted by atomic mass is 19.3. The van der Waals surface area contributed by atoms with Crippen LogP contribution in [0.15, 0.2) is 42.5 Å². The fourth-order valence-corrected chi connectivity index (χ4v) is 2.26. The number of carbonyl (C=O) groups excluding carboxylic acids is 1. The van der Waals surface area contributed by atoms with Gasteiger partial charge in [0.1, 0.15) is 11.6 Å². The van der Waals surface area contributed by atoms with Gasteiger partial charge in [-0.15, -0.1) is 0 Å². The molecule has 1 amide bonds. The van der Waals surface area contributed by atoms with Crippen molar-refractivity contribution in [1.82, 2.24) is 4.90 Å². The fraction of sp³-hybridized carbons (Fsp3) is 0.278. The molecule has 0 atom stereocenters. The van der Waals surface area contributed by atoms with Crippen molar-refractivity contribution >= 4 is 11.6 Å². The predicted molar refractivity (Wildman–Crippen MR) is 89.2 cm³/mol. The van der Waals surface area contributed by atoms with Crippen LogP contribution < -0.4 is 10.1 Å². The zero-order valence-corrected chi connectivity index (χ0v) is 13.9. The van der Waals surface area contributed by atoms with Crippen LogP contribution in [0.1, 0.15) is 11.1 Å². The van der Waals surface area contributed by atoms with Gasteiger partial charge < -0.3 is 10.1 Å². The number of halogens is 3. The van der Waals surface area contributed by atoms with E-state index in [1.165, 1.54) is 18.2 Å². The van der Waals surface area contributed by atoms with E-state index in [9.17, 15) is 18.0 Å². The van der Waals surface area contributed by atoms with Crippen LogP contribution in [0.25, 0.3) is 0 Å². The Morgan fingerprint density at radius 3 is 2.48 bits per heavy atom. The highest BCUT2D eigenvalue weighted by molar-refractivity contribution is 5.92. The number of aryl methyl sites for hydroxylation is 1. The number of amides is 1. The van der Waals surface area contributed by atoms with Crippen LogP contribution in [-0.4, -0.2) is 31.0 Å². The summed E-state index contributed by atoms with van der Waals surface area (Å²) >= 11 is 0. The Balaban J connectivity index is 1.85. The summed E-state index contributed by atoms with van der Waals surface area (Å²) in [5, 5.41) is 2.63. The van der Waals surface area contributed by atoms with E-state index in [2.05, 4.69) is 10.1 Å². The molecule has 1 N–H and O–H groups in total. The van der Waals surface area contributed by atoms with Crippen molar-refractivity contribution in [3.05, 3.63) is 59.4 Å². The normalized spacial score (nSPS) is 11.0. The average molecular weight is 352 g/mol. The van der Waals surface area contributed by atoms with Gasteiger partial charge in [0.2, 0.25) is 5.91 Å². The number of nitrogens with zero attached hydrogens (tertiary/aromatic N) is 1. The summed E-state index contributed by atoms with van der Waals surface area (Å²) in [7, 11) is 1.75. The van der Waals surface area contributed by atoms with Gasteiger partial charge in [-0.1, -0.05) is 18.2 Å². The minimum atomic E-state index is -2.86. The van der Waals surface area contributed by atoms with Crippen molar-refractivity contribution in [3.63, 3.8) is 0 Å². The van der Waals surface area contributed by atoms with Crippen molar-refractivity contribution in [2.24, 2.45) is 0 Å². The molecule has 0 saturated carbocycles. The molecule has 0 aliphatic rings. The largest absolute Gasteiger partial charge is 0.435 e. The van der Waals surface area contributed by atoms with E-state index in [0.29, 0.717) is 17.8 Å². The van der Waals surface area contributed by atoms with E-state index in [0.717, 1.165) is 5.56 Å². The van der Waals surface area contributed by atoms with Crippen LogP contribution in [0.4, 0.5) is 18.9 Å². The van der Waals surface area contributed by atoms with Gasteiger partial charge in [0.25, 0.3) is 0 Å². The quantitative estimate of drug-likeness (QED) is 0.824. The molecule has 0 radical (unpaired) electrons. The topological polar surface area (TPSA) is 41.6 Å². The molecular weight excluding hydrogens is 333 g/mol. The number of hydrogen-bond donors (Lipinski definition) is 1. The maximum absolute atomic E-state index is 13.5. The summed E-state index contributed by atoms with van der Waals surface area (Å²) in [5.74, 6) is -0.568. The molecule has 0 spiro atoms. The number of nitrogens with one attached hydrogen (secondary N) is 1. The van der Waals surface area contributed by atoms with Crippen molar-refractivity contribution in [2.75, 3.05) is 18.9 Å². The number of anilines is 1. The van der Waals surface area contributed by atoms with Gasteiger partial charge in [0.15, 0.2) is 0 Å². The van der Waals surface area contributed by atoms with Crippen molar-refractivity contribution in [2.45, 2.75) is 20.1 Å². The first-order valence-corrected chi connectivity index (χ1v) is 7.62. The van der Waals surface area contributed by atoms with Crippen LogP contribution >= 0.6 is 0 Å². The van der Waals surface area contributed by atoms with Crippen LogP contribution in [0.5, 0.6) is 5.75 Å². The molecule has 2 rings (SSSR count). The highest BCUT2D eigenvalue weighted by Crippen LogP contribution is 2.16. The molecule has 4 nitrogen and oxygen atoms in total. The maximum Gasteiger partial charge on any atom is 0.387 e. The molecule has 0 heterocycles. The number of alkyl halides is 2. The molecule has 0 aliphatic heterocycles. The summed E-state index contributed by atoms with van der Waals surface area (Å²) in [6.45, 7) is -0.661. The SMILES string of the molecule is Cc1ccc(NC(=O)CN(C)Cc2ccc(OC(F)F)cc2)cc1F. The van der Waals surface area contributed by atoms with Crippen LogP contribution in [0.2, 0.25) is 0 Å². The Bertz CT molecular complexity index is 721. The van der Waals surface area contributed by atoms with E-state index >= 15 is 0 Å². The number of ether oxygens (including phenoxy) is 1. The Morgan fingerprint density at radius 2 is 1.88 bits per heavy atom. The third kappa shape index (κ3) is 6.11.